The van der Waals surface area contributed by atoms with Gasteiger partial charge in [-0.25, -0.2) is 9.59 Å². The second-order valence-corrected chi connectivity index (χ2v) is 7.81. The zero-order valence-corrected chi connectivity index (χ0v) is 20.3. The average molecular weight is 478 g/mol. The number of anilines is 1. The molecule has 0 saturated carbocycles. The molecular formula is C27H27NO7. The average Bonchev–Trinajstić information content (AvgIpc) is 2.83. The molecule has 4 aromatic rings. The van der Waals surface area contributed by atoms with Crippen LogP contribution in [0.2, 0.25) is 0 Å². The summed E-state index contributed by atoms with van der Waals surface area (Å²) in [6.07, 6.45) is 0. The van der Waals surface area contributed by atoms with Gasteiger partial charge in [0.2, 0.25) is 0 Å². The van der Waals surface area contributed by atoms with E-state index in [1.54, 1.807) is 24.3 Å². The molecule has 8 nitrogen and oxygen atoms in total. The first-order chi connectivity index (χ1) is 16.7. The molecule has 0 saturated heterocycles. The van der Waals surface area contributed by atoms with Crippen LogP contribution in [0.15, 0.2) is 67.0 Å². The largest absolute Gasteiger partial charge is 0.497 e. The fourth-order valence-corrected chi connectivity index (χ4v) is 3.59. The molecule has 0 bridgehead atoms. The van der Waals surface area contributed by atoms with Gasteiger partial charge in [0, 0.05) is 41.7 Å². The summed E-state index contributed by atoms with van der Waals surface area (Å²) in [7, 11) is 1.53. The molecule has 0 aliphatic heterocycles. The maximum Gasteiger partial charge on any atom is 0.347 e. The first kappa shape index (κ1) is 25.4. The summed E-state index contributed by atoms with van der Waals surface area (Å²) >= 11 is 0. The quantitative estimate of drug-likeness (QED) is 0.287. The smallest absolute Gasteiger partial charge is 0.347 e. The molecule has 2 aromatic heterocycles. The molecule has 4 rings (SSSR count). The van der Waals surface area contributed by atoms with Crippen LogP contribution in [0.4, 0.5) is 5.69 Å². The predicted octanol–water partition coefficient (Wildman–Crippen LogP) is 4.85. The highest BCUT2D eigenvalue weighted by atomic mass is 16.5. The number of rotatable bonds is 6. The van der Waals surface area contributed by atoms with Gasteiger partial charge < -0.3 is 18.5 Å². The predicted molar refractivity (Wildman–Crippen MR) is 135 cm³/mol. The fourth-order valence-electron chi connectivity index (χ4n) is 3.59. The summed E-state index contributed by atoms with van der Waals surface area (Å²) in [5.74, 6) is 0.0289. The van der Waals surface area contributed by atoms with Crippen molar-refractivity contribution < 1.29 is 23.2 Å². The number of carbonyl (C=O) groups is 2. The summed E-state index contributed by atoms with van der Waals surface area (Å²) in [6, 6.07) is 13.9. The normalized spacial score (nSPS) is 10.5. The van der Waals surface area contributed by atoms with Crippen molar-refractivity contribution in [3.63, 3.8) is 0 Å². The van der Waals surface area contributed by atoms with E-state index in [0.717, 1.165) is 24.2 Å². The summed E-state index contributed by atoms with van der Waals surface area (Å²) in [5.41, 5.74) is 0.913. The van der Waals surface area contributed by atoms with Crippen molar-refractivity contribution in [2.24, 2.45) is 0 Å². The van der Waals surface area contributed by atoms with Crippen molar-refractivity contribution in [2.45, 2.75) is 27.7 Å². The molecule has 182 valence electrons. The van der Waals surface area contributed by atoms with Crippen LogP contribution in [-0.4, -0.2) is 31.8 Å². The van der Waals surface area contributed by atoms with Crippen LogP contribution in [0, 0.1) is 0 Å². The number of benzene rings is 2. The van der Waals surface area contributed by atoms with Crippen LogP contribution in [0.1, 0.15) is 48.4 Å². The molecule has 35 heavy (non-hydrogen) atoms. The number of hydrogen-bond acceptors (Lipinski definition) is 8. The van der Waals surface area contributed by atoms with Gasteiger partial charge >= 0.3 is 11.3 Å². The third-order valence-electron chi connectivity index (χ3n) is 5.55. The van der Waals surface area contributed by atoms with Crippen molar-refractivity contribution >= 4 is 39.2 Å². The summed E-state index contributed by atoms with van der Waals surface area (Å²) in [5, 5.41) is 1.46. The SMILES string of the molecule is CCN(CC)c1ccc2cc(C(C)=O)c(=O)oc2c1.COc1ccc2cc(C(C)=O)c(=O)oc2c1. The minimum atomic E-state index is -0.617. The van der Waals surface area contributed by atoms with Crippen LogP contribution in [-0.2, 0) is 0 Å². The standard InChI is InChI=1S/C15H17NO3.C12H10O4/c1-4-16(5-2)12-7-6-11-8-13(10(3)17)15(18)19-14(11)9-12;1-7(13)10-5-8-3-4-9(15-2)6-11(8)16-12(10)14/h6-9H,4-5H2,1-3H3;3-6H,1-2H3. The van der Waals surface area contributed by atoms with Gasteiger partial charge in [-0.05, 0) is 64.1 Å². The molecule has 2 heterocycles. The molecule has 0 amide bonds. The third kappa shape index (κ3) is 5.66. The molecule has 0 atom stereocenters. The molecule has 2 aromatic carbocycles. The van der Waals surface area contributed by atoms with Gasteiger partial charge in [0.15, 0.2) is 11.6 Å². The Labute approximate surface area is 201 Å². The van der Waals surface area contributed by atoms with Crippen LogP contribution in [0.25, 0.3) is 21.9 Å². The van der Waals surface area contributed by atoms with Gasteiger partial charge in [0.1, 0.15) is 28.0 Å². The molecule has 0 radical (unpaired) electrons. The van der Waals surface area contributed by atoms with Gasteiger partial charge in [-0.1, -0.05) is 0 Å². The van der Waals surface area contributed by atoms with Crippen LogP contribution in [0.3, 0.4) is 0 Å². The molecule has 8 heteroatoms. The first-order valence-electron chi connectivity index (χ1n) is 11.1. The first-order valence-corrected chi connectivity index (χ1v) is 11.1. The monoisotopic (exact) mass is 477 g/mol. The molecule has 0 unspecified atom stereocenters. The number of methoxy groups -OCH3 is 1. The fraction of sp³-hybridized carbons (Fsp3) is 0.259. The Hall–Kier alpha value is -4.20. The Morgan fingerprint density at radius 2 is 1.26 bits per heavy atom. The van der Waals surface area contributed by atoms with Crippen molar-refractivity contribution in [3.05, 3.63) is 80.5 Å². The highest BCUT2D eigenvalue weighted by molar-refractivity contribution is 5.97. The zero-order chi connectivity index (χ0) is 25.7. The second-order valence-electron chi connectivity index (χ2n) is 7.81. The minimum Gasteiger partial charge on any atom is -0.497 e. The summed E-state index contributed by atoms with van der Waals surface area (Å²) < 4.78 is 15.3. The van der Waals surface area contributed by atoms with Gasteiger partial charge in [-0.2, -0.15) is 0 Å². The van der Waals surface area contributed by atoms with Gasteiger partial charge in [0.05, 0.1) is 7.11 Å². The maximum atomic E-state index is 11.7. The lowest BCUT2D eigenvalue weighted by Gasteiger charge is -2.20. The Balaban J connectivity index is 0.000000198. The Bertz CT molecular complexity index is 1510. The summed E-state index contributed by atoms with van der Waals surface area (Å²) in [4.78, 5) is 47.8. The van der Waals surface area contributed by atoms with Gasteiger partial charge in [0.25, 0.3) is 0 Å². The van der Waals surface area contributed by atoms with E-state index in [0.29, 0.717) is 22.3 Å². The highest BCUT2D eigenvalue weighted by Gasteiger charge is 2.11. The number of ether oxygens (including phenoxy) is 1. The second kappa shape index (κ2) is 10.8. The van der Waals surface area contributed by atoms with Crippen molar-refractivity contribution in [2.75, 3.05) is 25.1 Å². The zero-order valence-electron chi connectivity index (χ0n) is 20.3. The van der Waals surface area contributed by atoms with Gasteiger partial charge in [-0.15, -0.1) is 0 Å². The van der Waals surface area contributed by atoms with E-state index in [2.05, 4.69) is 18.7 Å². The van der Waals surface area contributed by atoms with Crippen LogP contribution < -0.4 is 20.9 Å². The van der Waals surface area contributed by atoms with Crippen LogP contribution in [0.5, 0.6) is 5.75 Å². The third-order valence-corrected chi connectivity index (χ3v) is 5.55. The van der Waals surface area contributed by atoms with Crippen molar-refractivity contribution in [1.82, 2.24) is 0 Å². The number of Topliss-reactive ketones (excluding diaryl/α,β-unsaturated/α-hetero) is 2. The van der Waals surface area contributed by atoms with E-state index in [1.807, 2.05) is 18.2 Å². The van der Waals surface area contributed by atoms with Crippen molar-refractivity contribution in [3.8, 4) is 5.75 Å². The van der Waals surface area contributed by atoms with Crippen molar-refractivity contribution in [1.29, 1.82) is 0 Å². The molecule has 0 aliphatic rings. The Morgan fingerprint density at radius 3 is 1.71 bits per heavy atom. The molecule has 0 aliphatic carbocycles. The molecular weight excluding hydrogens is 450 g/mol. The minimum absolute atomic E-state index is 0.0673. The Morgan fingerprint density at radius 1 is 0.771 bits per heavy atom. The lowest BCUT2D eigenvalue weighted by molar-refractivity contribution is 0.100. The summed E-state index contributed by atoms with van der Waals surface area (Å²) in [6.45, 7) is 8.62. The van der Waals surface area contributed by atoms with E-state index >= 15 is 0 Å². The van der Waals surface area contributed by atoms with E-state index in [-0.39, 0.29) is 22.7 Å². The molecule has 0 fully saturated rings. The lowest BCUT2D eigenvalue weighted by Crippen LogP contribution is -2.21. The topological polar surface area (TPSA) is 107 Å². The number of fused-ring (bicyclic) bond motifs is 2. The maximum absolute atomic E-state index is 11.7. The highest BCUT2D eigenvalue weighted by Crippen LogP contribution is 2.22. The number of ketones is 2. The van der Waals surface area contributed by atoms with E-state index in [9.17, 15) is 19.2 Å². The van der Waals surface area contributed by atoms with E-state index < -0.39 is 11.3 Å². The number of nitrogens with zero attached hydrogens (tertiary/aromatic N) is 1. The lowest BCUT2D eigenvalue weighted by atomic mass is 10.1. The number of carbonyl (C=O) groups excluding carboxylic acids is 2. The molecule has 0 spiro atoms. The number of hydrogen-bond donors (Lipinski definition) is 0. The Kier molecular flexibility index (Phi) is 7.86. The van der Waals surface area contributed by atoms with Gasteiger partial charge in [-0.3, -0.25) is 9.59 Å². The van der Waals surface area contributed by atoms with Crippen LogP contribution >= 0.6 is 0 Å². The molecule has 0 N–H and O–H groups in total. The van der Waals surface area contributed by atoms with E-state index in [4.69, 9.17) is 13.6 Å². The van der Waals surface area contributed by atoms with E-state index in [1.165, 1.54) is 27.0 Å².